The van der Waals surface area contributed by atoms with Crippen molar-refractivity contribution in [1.29, 1.82) is 0 Å². The maximum Gasteiger partial charge on any atom is 0.248 e. The first kappa shape index (κ1) is 13.8. The molecule has 0 aromatic carbocycles. The Hall–Kier alpha value is -1.59. The Bertz CT molecular complexity index is 449. The summed E-state index contributed by atoms with van der Waals surface area (Å²) >= 11 is 0. The second kappa shape index (κ2) is 5.19. The fourth-order valence-corrected chi connectivity index (χ4v) is 2.59. The minimum atomic E-state index is -2.59. The van der Waals surface area contributed by atoms with Crippen molar-refractivity contribution < 1.29 is 14.0 Å². The molecule has 1 aliphatic rings. The van der Waals surface area contributed by atoms with Crippen LogP contribution in [0.2, 0.25) is 0 Å². The van der Waals surface area contributed by atoms with Crippen molar-refractivity contribution in [3.63, 3.8) is 0 Å². The molecule has 1 aromatic heterocycles. The van der Waals surface area contributed by atoms with E-state index in [0.29, 0.717) is 25.1 Å². The molecule has 104 valence electrons. The van der Waals surface area contributed by atoms with E-state index in [0.717, 1.165) is 5.56 Å². The van der Waals surface area contributed by atoms with E-state index in [9.17, 15) is 8.78 Å². The zero-order valence-electron chi connectivity index (χ0n) is 10.8. The van der Waals surface area contributed by atoms with Crippen molar-refractivity contribution in [2.24, 2.45) is 5.16 Å². The Kier molecular flexibility index (Phi) is 3.78. The van der Waals surface area contributed by atoms with Crippen LogP contribution in [0, 0.1) is 6.92 Å². The zero-order valence-corrected chi connectivity index (χ0v) is 10.8. The van der Waals surface area contributed by atoms with Crippen LogP contribution in [0.25, 0.3) is 0 Å². The molecule has 19 heavy (non-hydrogen) atoms. The first-order valence-electron chi connectivity index (χ1n) is 6.30. The van der Waals surface area contributed by atoms with E-state index in [1.807, 2.05) is 0 Å². The lowest BCUT2D eigenvalue weighted by molar-refractivity contribution is -0.0512. The summed E-state index contributed by atoms with van der Waals surface area (Å²) < 4.78 is 26.7. The molecule has 6 heteroatoms. The van der Waals surface area contributed by atoms with Gasteiger partial charge in [-0.25, -0.2) is 18.7 Å². The second-order valence-electron chi connectivity index (χ2n) is 5.16. The van der Waals surface area contributed by atoms with Gasteiger partial charge in [0.05, 0.1) is 0 Å². The molecule has 0 amide bonds. The number of hydrogen-bond donors (Lipinski definition) is 1. The number of alkyl halides is 2. The van der Waals surface area contributed by atoms with Crippen LogP contribution in [0.4, 0.5) is 8.78 Å². The molecule has 1 aromatic rings. The zero-order chi connectivity index (χ0) is 13.9. The Labute approximate surface area is 110 Å². The molecule has 0 spiro atoms. The van der Waals surface area contributed by atoms with E-state index < -0.39 is 11.3 Å². The SMILES string of the molecule is Cc1ncc(C2(C/C=N\O)CCC(F)(F)CC2)cn1. The van der Waals surface area contributed by atoms with Gasteiger partial charge in [0.2, 0.25) is 5.92 Å². The summed E-state index contributed by atoms with van der Waals surface area (Å²) in [5, 5.41) is 11.6. The summed E-state index contributed by atoms with van der Waals surface area (Å²) in [7, 11) is 0. The molecule has 1 heterocycles. The quantitative estimate of drug-likeness (QED) is 0.521. The third-order valence-corrected chi connectivity index (χ3v) is 3.90. The largest absolute Gasteiger partial charge is 0.411 e. The minimum Gasteiger partial charge on any atom is -0.411 e. The summed E-state index contributed by atoms with van der Waals surface area (Å²) in [6.07, 6.45) is 5.56. The minimum absolute atomic E-state index is 0.153. The van der Waals surface area contributed by atoms with Gasteiger partial charge in [-0.2, -0.15) is 0 Å². The average molecular weight is 269 g/mol. The summed E-state index contributed by atoms with van der Waals surface area (Å²) in [6.45, 7) is 1.78. The summed E-state index contributed by atoms with van der Waals surface area (Å²) in [5.41, 5.74) is 0.398. The first-order valence-corrected chi connectivity index (χ1v) is 6.30. The van der Waals surface area contributed by atoms with Gasteiger partial charge in [0.1, 0.15) is 5.82 Å². The highest BCUT2D eigenvalue weighted by atomic mass is 19.3. The molecule has 0 radical (unpaired) electrons. The van der Waals surface area contributed by atoms with Crippen molar-refractivity contribution in [2.75, 3.05) is 0 Å². The summed E-state index contributed by atoms with van der Waals surface area (Å²) in [5.74, 6) is -1.94. The van der Waals surface area contributed by atoms with Gasteiger partial charge in [0.15, 0.2) is 0 Å². The maximum atomic E-state index is 13.3. The van der Waals surface area contributed by atoms with Crippen LogP contribution >= 0.6 is 0 Å². The van der Waals surface area contributed by atoms with Crippen molar-refractivity contribution in [2.45, 2.75) is 50.4 Å². The van der Waals surface area contributed by atoms with Crippen LogP contribution in [0.1, 0.15) is 43.5 Å². The van der Waals surface area contributed by atoms with Gasteiger partial charge in [-0.05, 0) is 31.7 Å². The number of aromatic nitrogens is 2. The number of oxime groups is 1. The predicted octanol–water partition coefficient (Wildman–Crippen LogP) is 3.08. The molecule has 1 fully saturated rings. The van der Waals surface area contributed by atoms with E-state index in [1.165, 1.54) is 6.21 Å². The molecular formula is C13H17F2N3O. The molecule has 0 aliphatic heterocycles. The van der Waals surface area contributed by atoms with Gasteiger partial charge in [-0.1, -0.05) is 0 Å². The van der Waals surface area contributed by atoms with Crippen LogP contribution in [-0.4, -0.2) is 27.3 Å². The van der Waals surface area contributed by atoms with Crippen LogP contribution in [0.5, 0.6) is 0 Å². The fraction of sp³-hybridized carbons (Fsp3) is 0.615. The number of halogens is 2. The number of aryl methyl sites for hydroxylation is 1. The van der Waals surface area contributed by atoms with Gasteiger partial charge < -0.3 is 5.21 Å². The van der Waals surface area contributed by atoms with Gasteiger partial charge in [-0.15, -0.1) is 5.16 Å². The third-order valence-electron chi connectivity index (χ3n) is 3.90. The Morgan fingerprint density at radius 1 is 1.26 bits per heavy atom. The standard InChI is InChI=1S/C13H17F2N3O/c1-10-16-8-11(9-17-10)12(6-7-18-19)2-4-13(14,15)5-3-12/h7-9,19H,2-6H2,1H3/b18-7-. The predicted molar refractivity (Wildman–Crippen MR) is 66.8 cm³/mol. The molecule has 2 rings (SSSR count). The molecule has 1 N–H and O–H groups in total. The van der Waals surface area contributed by atoms with E-state index in [1.54, 1.807) is 19.3 Å². The topological polar surface area (TPSA) is 58.4 Å². The maximum absolute atomic E-state index is 13.3. The normalized spacial score (nSPS) is 21.6. The van der Waals surface area contributed by atoms with Crippen molar-refractivity contribution in [3.05, 3.63) is 23.8 Å². The molecule has 0 saturated heterocycles. The lowest BCUT2D eigenvalue weighted by Crippen LogP contribution is -2.37. The molecule has 1 saturated carbocycles. The van der Waals surface area contributed by atoms with Gasteiger partial charge in [-0.3, -0.25) is 0 Å². The lowest BCUT2D eigenvalue weighted by atomic mass is 9.67. The van der Waals surface area contributed by atoms with Gasteiger partial charge in [0.25, 0.3) is 0 Å². The highest BCUT2D eigenvalue weighted by Crippen LogP contribution is 2.46. The summed E-state index contributed by atoms with van der Waals surface area (Å²) in [4.78, 5) is 8.28. The second-order valence-corrected chi connectivity index (χ2v) is 5.16. The molecule has 1 aliphatic carbocycles. The molecule has 0 bridgehead atoms. The number of rotatable bonds is 3. The lowest BCUT2D eigenvalue weighted by Gasteiger charge is -2.39. The highest BCUT2D eigenvalue weighted by Gasteiger charge is 2.44. The fourth-order valence-electron chi connectivity index (χ4n) is 2.59. The van der Waals surface area contributed by atoms with Crippen LogP contribution in [-0.2, 0) is 5.41 Å². The number of hydrogen-bond acceptors (Lipinski definition) is 4. The van der Waals surface area contributed by atoms with E-state index >= 15 is 0 Å². The summed E-state index contributed by atoms with van der Waals surface area (Å²) in [6, 6.07) is 0. The van der Waals surface area contributed by atoms with Crippen LogP contribution in [0.3, 0.4) is 0 Å². The van der Waals surface area contributed by atoms with Crippen LogP contribution in [0.15, 0.2) is 17.5 Å². The smallest absolute Gasteiger partial charge is 0.248 e. The Balaban J connectivity index is 2.28. The van der Waals surface area contributed by atoms with Gasteiger partial charge >= 0.3 is 0 Å². The molecular weight excluding hydrogens is 252 g/mol. The monoisotopic (exact) mass is 269 g/mol. The van der Waals surface area contributed by atoms with Crippen LogP contribution < -0.4 is 0 Å². The van der Waals surface area contributed by atoms with Crippen molar-refractivity contribution in [3.8, 4) is 0 Å². The van der Waals surface area contributed by atoms with E-state index in [-0.39, 0.29) is 12.8 Å². The van der Waals surface area contributed by atoms with Crippen molar-refractivity contribution in [1.82, 2.24) is 9.97 Å². The van der Waals surface area contributed by atoms with E-state index in [2.05, 4.69) is 15.1 Å². The third kappa shape index (κ3) is 3.05. The Morgan fingerprint density at radius 2 is 1.84 bits per heavy atom. The molecule has 4 nitrogen and oxygen atoms in total. The Morgan fingerprint density at radius 3 is 2.37 bits per heavy atom. The van der Waals surface area contributed by atoms with Crippen molar-refractivity contribution >= 4 is 6.21 Å². The number of nitrogens with zero attached hydrogens (tertiary/aromatic N) is 3. The molecule has 0 atom stereocenters. The van der Waals surface area contributed by atoms with Gasteiger partial charge in [0, 0.05) is 36.9 Å². The highest BCUT2D eigenvalue weighted by molar-refractivity contribution is 5.59. The first-order chi connectivity index (χ1) is 8.97. The average Bonchev–Trinajstić information content (AvgIpc) is 2.39. The molecule has 0 unspecified atom stereocenters. The van der Waals surface area contributed by atoms with E-state index in [4.69, 9.17) is 5.21 Å².